The predicted octanol–water partition coefficient (Wildman–Crippen LogP) is 2.01. The van der Waals surface area contributed by atoms with Crippen molar-refractivity contribution in [3.8, 4) is 0 Å². The number of hydrogen-bond acceptors (Lipinski definition) is 5. The SMILES string of the molecule is CC(=O)C1CC(C(=O)N2CCN(CC(C)C)CC2)=NN1c1ccccc1. The minimum absolute atomic E-state index is 0.0288. The molecule has 1 fully saturated rings. The molecular formula is C20H28N4O2. The maximum Gasteiger partial charge on any atom is 0.270 e. The normalized spacial score (nSPS) is 21.2. The Balaban J connectivity index is 1.69. The number of amides is 1. The second kappa shape index (κ2) is 7.99. The lowest BCUT2D eigenvalue weighted by atomic mass is 10.1. The third-order valence-corrected chi connectivity index (χ3v) is 4.93. The fourth-order valence-corrected chi connectivity index (χ4v) is 3.61. The van der Waals surface area contributed by atoms with E-state index in [4.69, 9.17) is 0 Å². The van der Waals surface area contributed by atoms with Gasteiger partial charge >= 0.3 is 0 Å². The lowest BCUT2D eigenvalue weighted by molar-refractivity contribution is -0.125. The molecule has 0 bridgehead atoms. The van der Waals surface area contributed by atoms with Crippen LogP contribution < -0.4 is 5.01 Å². The Morgan fingerprint density at radius 2 is 1.77 bits per heavy atom. The van der Waals surface area contributed by atoms with Crippen LogP contribution in [0.2, 0.25) is 0 Å². The molecule has 2 aliphatic heterocycles. The van der Waals surface area contributed by atoms with E-state index in [1.165, 1.54) is 0 Å². The fraction of sp³-hybridized carbons (Fsp3) is 0.550. The van der Waals surface area contributed by atoms with Gasteiger partial charge in [0, 0.05) is 39.1 Å². The van der Waals surface area contributed by atoms with E-state index in [2.05, 4.69) is 23.8 Å². The van der Waals surface area contributed by atoms with Crippen molar-refractivity contribution in [3.63, 3.8) is 0 Å². The summed E-state index contributed by atoms with van der Waals surface area (Å²) in [5.74, 6) is 0.633. The van der Waals surface area contributed by atoms with Crippen molar-refractivity contribution in [2.24, 2.45) is 11.0 Å². The molecular weight excluding hydrogens is 328 g/mol. The Bertz CT molecular complexity index is 678. The molecule has 26 heavy (non-hydrogen) atoms. The van der Waals surface area contributed by atoms with Crippen molar-refractivity contribution < 1.29 is 9.59 Å². The summed E-state index contributed by atoms with van der Waals surface area (Å²) in [6, 6.07) is 9.19. The number of ketones is 1. The van der Waals surface area contributed by atoms with Gasteiger partial charge in [0.2, 0.25) is 0 Å². The summed E-state index contributed by atoms with van der Waals surface area (Å²) >= 11 is 0. The highest BCUT2D eigenvalue weighted by atomic mass is 16.2. The first kappa shape index (κ1) is 18.6. The summed E-state index contributed by atoms with van der Waals surface area (Å²) in [6.07, 6.45) is 0.384. The minimum Gasteiger partial charge on any atom is -0.335 e. The minimum atomic E-state index is -0.390. The molecule has 2 heterocycles. The van der Waals surface area contributed by atoms with Gasteiger partial charge in [-0.1, -0.05) is 32.0 Å². The molecule has 0 aromatic heterocycles. The number of anilines is 1. The van der Waals surface area contributed by atoms with Gasteiger partial charge in [0.15, 0.2) is 5.78 Å². The van der Waals surface area contributed by atoms with Crippen LogP contribution in [0.5, 0.6) is 0 Å². The molecule has 0 saturated carbocycles. The first-order chi connectivity index (χ1) is 12.5. The molecule has 1 saturated heterocycles. The molecule has 0 aliphatic carbocycles. The molecule has 0 N–H and O–H groups in total. The Hall–Kier alpha value is -2.21. The topological polar surface area (TPSA) is 56.2 Å². The molecule has 6 heteroatoms. The number of benzene rings is 1. The van der Waals surface area contributed by atoms with Gasteiger partial charge in [-0.15, -0.1) is 0 Å². The van der Waals surface area contributed by atoms with Crippen LogP contribution in [-0.4, -0.2) is 66.0 Å². The largest absolute Gasteiger partial charge is 0.335 e. The van der Waals surface area contributed by atoms with Crippen LogP contribution >= 0.6 is 0 Å². The second-order valence-electron chi connectivity index (χ2n) is 7.54. The highest BCUT2D eigenvalue weighted by molar-refractivity contribution is 6.40. The molecule has 3 rings (SSSR count). The number of carbonyl (C=O) groups excluding carboxylic acids is 2. The van der Waals surface area contributed by atoms with Crippen LogP contribution in [0.25, 0.3) is 0 Å². The molecule has 1 aromatic rings. The zero-order valence-electron chi connectivity index (χ0n) is 15.9. The molecule has 1 atom stereocenters. The van der Waals surface area contributed by atoms with Crippen molar-refractivity contribution in [3.05, 3.63) is 30.3 Å². The van der Waals surface area contributed by atoms with Crippen LogP contribution in [0.4, 0.5) is 5.69 Å². The monoisotopic (exact) mass is 356 g/mol. The van der Waals surface area contributed by atoms with E-state index in [1.807, 2.05) is 35.2 Å². The molecule has 1 unspecified atom stereocenters. The van der Waals surface area contributed by atoms with Crippen molar-refractivity contribution in [1.29, 1.82) is 0 Å². The van der Waals surface area contributed by atoms with Crippen LogP contribution in [0.1, 0.15) is 27.2 Å². The Morgan fingerprint density at radius 3 is 2.35 bits per heavy atom. The highest BCUT2D eigenvalue weighted by Gasteiger charge is 2.36. The highest BCUT2D eigenvalue weighted by Crippen LogP contribution is 2.25. The van der Waals surface area contributed by atoms with E-state index in [1.54, 1.807) is 11.9 Å². The van der Waals surface area contributed by atoms with Gasteiger partial charge in [-0.05, 0) is 25.0 Å². The molecule has 140 valence electrons. The lowest BCUT2D eigenvalue weighted by Gasteiger charge is -2.35. The number of nitrogens with zero attached hydrogens (tertiary/aromatic N) is 4. The summed E-state index contributed by atoms with van der Waals surface area (Å²) in [7, 11) is 0. The summed E-state index contributed by atoms with van der Waals surface area (Å²) in [5.41, 5.74) is 1.34. The number of piperazine rings is 1. The summed E-state index contributed by atoms with van der Waals surface area (Å²) in [6.45, 7) is 10.3. The Labute approximate surface area is 155 Å². The van der Waals surface area contributed by atoms with Gasteiger partial charge in [0.25, 0.3) is 5.91 Å². The zero-order chi connectivity index (χ0) is 18.7. The third kappa shape index (κ3) is 4.12. The van der Waals surface area contributed by atoms with Gasteiger partial charge in [-0.2, -0.15) is 5.10 Å². The second-order valence-corrected chi connectivity index (χ2v) is 7.54. The lowest BCUT2D eigenvalue weighted by Crippen LogP contribution is -2.51. The number of Topliss-reactive ketones (excluding diaryl/α,β-unsaturated/α-hetero) is 1. The van der Waals surface area contributed by atoms with Crippen LogP contribution in [0.3, 0.4) is 0 Å². The summed E-state index contributed by atoms with van der Waals surface area (Å²) in [4.78, 5) is 29.3. The average molecular weight is 356 g/mol. The number of para-hydroxylation sites is 1. The summed E-state index contributed by atoms with van der Waals surface area (Å²) < 4.78 is 0. The number of carbonyl (C=O) groups is 2. The van der Waals surface area contributed by atoms with Gasteiger partial charge < -0.3 is 4.90 Å². The number of hydrazone groups is 1. The van der Waals surface area contributed by atoms with E-state index in [-0.39, 0.29) is 11.7 Å². The first-order valence-corrected chi connectivity index (χ1v) is 9.39. The third-order valence-electron chi connectivity index (χ3n) is 4.93. The van der Waals surface area contributed by atoms with Gasteiger partial charge in [0.05, 0.1) is 5.69 Å². The van der Waals surface area contributed by atoms with Gasteiger partial charge in [-0.25, -0.2) is 0 Å². The standard InChI is InChI=1S/C20H28N4O2/c1-15(2)14-22-9-11-23(12-10-22)20(26)18-13-19(16(3)25)24(21-18)17-7-5-4-6-8-17/h4-8,15,19H,9-14H2,1-3H3. The number of hydrogen-bond donors (Lipinski definition) is 0. The maximum atomic E-state index is 12.9. The van der Waals surface area contributed by atoms with E-state index < -0.39 is 6.04 Å². The first-order valence-electron chi connectivity index (χ1n) is 9.39. The fourth-order valence-electron chi connectivity index (χ4n) is 3.61. The van der Waals surface area contributed by atoms with E-state index in [0.29, 0.717) is 18.1 Å². The number of rotatable bonds is 5. The molecule has 2 aliphatic rings. The average Bonchev–Trinajstić information content (AvgIpc) is 3.08. The van der Waals surface area contributed by atoms with Crippen LogP contribution in [0, 0.1) is 5.92 Å². The summed E-state index contributed by atoms with van der Waals surface area (Å²) in [5, 5.41) is 6.23. The van der Waals surface area contributed by atoms with Gasteiger partial charge in [-0.3, -0.25) is 19.5 Å². The van der Waals surface area contributed by atoms with Crippen molar-refractivity contribution in [1.82, 2.24) is 9.80 Å². The van der Waals surface area contributed by atoms with Crippen molar-refractivity contribution >= 4 is 23.1 Å². The molecule has 0 spiro atoms. The Morgan fingerprint density at radius 1 is 1.12 bits per heavy atom. The van der Waals surface area contributed by atoms with Crippen LogP contribution in [0.15, 0.2) is 35.4 Å². The van der Waals surface area contributed by atoms with E-state index in [0.717, 1.165) is 38.4 Å². The molecule has 6 nitrogen and oxygen atoms in total. The van der Waals surface area contributed by atoms with Crippen LogP contribution in [-0.2, 0) is 9.59 Å². The predicted molar refractivity (Wildman–Crippen MR) is 103 cm³/mol. The Kier molecular flexibility index (Phi) is 5.71. The maximum absolute atomic E-state index is 12.9. The smallest absolute Gasteiger partial charge is 0.270 e. The zero-order valence-corrected chi connectivity index (χ0v) is 15.9. The van der Waals surface area contributed by atoms with Gasteiger partial charge in [0.1, 0.15) is 11.8 Å². The molecule has 1 aromatic carbocycles. The van der Waals surface area contributed by atoms with Crippen molar-refractivity contribution in [2.45, 2.75) is 33.2 Å². The van der Waals surface area contributed by atoms with E-state index in [9.17, 15) is 9.59 Å². The van der Waals surface area contributed by atoms with E-state index >= 15 is 0 Å². The molecule has 0 radical (unpaired) electrons. The quantitative estimate of drug-likeness (QED) is 0.810. The molecule has 1 amide bonds. The van der Waals surface area contributed by atoms with Crippen molar-refractivity contribution in [2.75, 3.05) is 37.7 Å².